The molecule has 0 saturated carbocycles. The van der Waals surface area contributed by atoms with E-state index in [1.807, 2.05) is 11.8 Å². The first-order chi connectivity index (χ1) is 9.09. The van der Waals surface area contributed by atoms with Crippen molar-refractivity contribution in [3.63, 3.8) is 0 Å². The van der Waals surface area contributed by atoms with Gasteiger partial charge in [-0.1, -0.05) is 6.07 Å². The molecule has 0 aromatic heterocycles. The zero-order chi connectivity index (χ0) is 13.8. The highest BCUT2D eigenvalue weighted by molar-refractivity contribution is 7.99. The predicted molar refractivity (Wildman–Crippen MR) is 75.3 cm³/mol. The zero-order valence-electron chi connectivity index (χ0n) is 10.3. The van der Waals surface area contributed by atoms with Crippen LogP contribution in [-0.2, 0) is 0 Å². The lowest BCUT2D eigenvalue weighted by Crippen LogP contribution is -2.37. The van der Waals surface area contributed by atoms with Crippen LogP contribution in [0, 0.1) is 10.1 Å². The number of thioether (sulfide) groups is 1. The van der Waals surface area contributed by atoms with Gasteiger partial charge in [0.15, 0.2) is 0 Å². The molecule has 1 aromatic rings. The number of para-hydroxylation sites is 1. The first kappa shape index (κ1) is 13.7. The molecule has 0 aliphatic carbocycles. The number of hydrogen-bond donors (Lipinski definition) is 2. The fourth-order valence-electron chi connectivity index (χ4n) is 2.05. The number of rotatable bonds is 3. The molecular formula is C12H15N3O3S. The summed E-state index contributed by atoms with van der Waals surface area (Å²) < 4.78 is 0. The Hall–Kier alpha value is -1.76. The lowest BCUT2D eigenvalue weighted by molar-refractivity contribution is -0.384. The number of carbonyl (C=O) groups excluding carboxylic acids is 1. The molecule has 7 heteroatoms. The van der Waals surface area contributed by atoms with E-state index >= 15 is 0 Å². The summed E-state index contributed by atoms with van der Waals surface area (Å²) >= 11 is 1.85. The number of nitrogens with two attached hydrogens (primary N) is 1. The molecule has 1 saturated heterocycles. The number of amides is 1. The van der Waals surface area contributed by atoms with Gasteiger partial charge in [0.25, 0.3) is 5.91 Å². The van der Waals surface area contributed by atoms with Crippen molar-refractivity contribution in [2.75, 3.05) is 17.2 Å². The predicted octanol–water partition coefficient (Wildman–Crippen LogP) is 1.80. The monoisotopic (exact) mass is 281 g/mol. The Morgan fingerprint density at radius 1 is 1.42 bits per heavy atom. The minimum absolute atomic E-state index is 0.0110. The van der Waals surface area contributed by atoms with Gasteiger partial charge in [-0.2, -0.15) is 11.8 Å². The van der Waals surface area contributed by atoms with Crippen molar-refractivity contribution in [3.05, 3.63) is 33.9 Å². The number of nitrogens with one attached hydrogen (secondary N) is 1. The summed E-state index contributed by atoms with van der Waals surface area (Å²) in [6, 6.07) is 4.50. The molecule has 3 N–H and O–H groups in total. The molecule has 1 aliphatic rings. The lowest BCUT2D eigenvalue weighted by Gasteiger charge is -2.22. The maximum Gasteiger partial charge on any atom is 0.304 e. The lowest BCUT2D eigenvalue weighted by atomic mass is 10.1. The average Bonchev–Trinajstić information content (AvgIpc) is 2.39. The highest BCUT2D eigenvalue weighted by Gasteiger charge is 2.25. The number of anilines is 1. The maximum absolute atomic E-state index is 12.1. The van der Waals surface area contributed by atoms with E-state index in [1.165, 1.54) is 12.1 Å². The molecule has 0 radical (unpaired) electrons. The second-order valence-electron chi connectivity index (χ2n) is 4.36. The summed E-state index contributed by atoms with van der Waals surface area (Å²) in [6.45, 7) is 0. The summed E-state index contributed by atoms with van der Waals surface area (Å²) in [5.74, 6) is 1.59. The summed E-state index contributed by atoms with van der Waals surface area (Å²) in [5.41, 5.74) is 5.30. The third kappa shape index (κ3) is 3.17. The van der Waals surface area contributed by atoms with E-state index in [1.54, 1.807) is 6.07 Å². The van der Waals surface area contributed by atoms with E-state index in [0.717, 1.165) is 24.3 Å². The van der Waals surface area contributed by atoms with Crippen molar-refractivity contribution >= 4 is 29.0 Å². The zero-order valence-corrected chi connectivity index (χ0v) is 11.1. The van der Waals surface area contributed by atoms with Gasteiger partial charge in [0.1, 0.15) is 11.3 Å². The number of nitrogens with zero attached hydrogens (tertiary/aromatic N) is 1. The van der Waals surface area contributed by atoms with Crippen LogP contribution < -0.4 is 11.1 Å². The van der Waals surface area contributed by atoms with Gasteiger partial charge in [0.2, 0.25) is 0 Å². The number of nitro groups is 1. The van der Waals surface area contributed by atoms with Gasteiger partial charge < -0.3 is 11.1 Å². The molecule has 0 bridgehead atoms. The number of nitro benzene ring substituents is 1. The minimum atomic E-state index is -0.610. The first-order valence-electron chi connectivity index (χ1n) is 6.01. The summed E-state index contributed by atoms with van der Waals surface area (Å²) in [5, 5.41) is 13.8. The smallest absolute Gasteiger partial charge is 0.304 e. The van der Waals surface area contributed by atoms with Gasteiger partial charge in [0.05, 0.1) is 4.92 Å². The first-order valence-corrected chi connectivity index (χ1v) is 7.16. The molecule has 6 nitrogen and oxygen atoms in total. The van der Waals surface area contributed by atoms with Gasteiger partial charge in [-0.15, -0.1) is 0 Å². The normalized spacial score (nSPS) is 16.0. The van der Waals surface area contributed by atoms with Gasteiger partial charge in [-0.3, -0.25) is 14.9 Å². The maximum atomic E-state index is 12.1. The van der Waals surface area contributed by atoms with Crippen molar-refractivity contribution in [3.8, 4) is 0 Å². The minimum Gasteiger partial charge on any atom is -0.393 e. The van der Waals surface area contributed by atoms with Crippen LogP contribution in [0.4, 0.5) is 11.4 Å². The highest BCUT2D eigenvalue weighted by Crippen LogP contribution is 2.26. The van der Waals surface area contributed by atoms with Crippen LogP contribution in [0.3, 0.4) is 0 Å². The van der Waals surface area contributed by atoms with E-state index in [-0.39, 0.29) is 23.0 Å². The molecule has 102 valence electrons. The number of hydrogen-bond acceptors (Lipinski definition) is 5. The van der Waals surface area contributed by atoms with Crippen molar-refractivity contribution in [2.24, 2.45) is 0 Å². The van der Waals surface area contributed by atoms with Crippen LogP contribution in [0.2, 0.25) is 0 Å². The fourth-order valence-corrected chi connectivity index (χ4v) is 3.16. The fraction of sp³-hybridized carbons (Fsp3) is 0.417. The quantitative estimate of drug-likeness (QED) is 0.500. The SMILES string of the molecule is Nc1cccc(C(=O)NC2CCSCC2)c1[N+](=O)[O-]. The Balaban J connectivity index is 2.18. The summed E-state index contributed by atoms with van der Waals surface area (Å²) in [4.78, 5) is 22.5. The number of benzene rings is 1. The average molecular weight is 281 g/mol. The van der Waals surface area contributed by atoms with Crippen LogP contribution >= 0.6 is 11.8 Å². The largest absolute Gasteiger partial charge is 0.393 e. The molecule has 2 rings (SSSR count). The molecule has 1 heterocycles. The van der Waals surface area contributed by atoms with E-state index in [4.69, 9.17) is 5.73 Å². The third-order valence-corrected chi connectivity index (χ3v) is 4.10. The van der Waals surface area contributed by atoms with Crippen molar-refractivity contribution in [1.82, 2.24) is 5.32 Å². The van der Waals surface area contributed by atoms with E-state index in [0.29, 0.717) is 0 Å². The van der Waals surface area contributed by atoms with Crippen LogP contribution in [0.25, 0.3) is 0 Å². The van der Waals surface area contributed by atoms with Gasteiger partial charge >= 0.3 is 5.69 Å². The third-order valence-electron chi connectivity index (χ3n) is 3.05. The Labute approximate surface area is 114 Å². The standard InChI is InChI=1S/C12H15N3O3S/c13-10-3-1-2-9(11(10)15(17)18)12(16)14-8-4-6-19-7-5-8/h1-3,8H,4-7,13H2,(H,14,16). The van der Waals surface area contributed by atoms with E-state index in [9.17, 15) is 14.9 Å². The number of nitrogen functional groups attached to an aromatic ring is 1. The Morgan fingerprint density at radius 2 is 2.11 bits per heavy atom. The van der Waals surface area contributed by atoms with Crippen LogP contribution in [0.15, 0.2) is 18.2 Å². The molecule has 0 spiro atoms. The topological polar surface area (TPSA) is 98.3 Å². The number of carbonyl (C=O) groups is 1. The molecule has 19 heavy (non-hydrogen) atoms. The molecule has 1 fully saturated rings. The van der Waals surface area contributed by atoms with Gasteiger partial charge in [-0.25, -0.2) is 0 Å². The Morgan fingerprint density at radius 3 is 2.74 bits per heavy atom. The molecule has 1 amide bonds. The molecule has 0 unspecified atom stereocenters. The second-order valence-corrected chi connectivity index (χ2v) is 5.59. The van der Waals surface area contributed by atoms with Crippen LogP contribution in [0.1, 0.15) is 23.2 Å². The van der Waals surface area contributed by atoms with Crippen LogP contribution in [-0.4, -0.2) is 28.4 Å². The van der Waals surface area contributed by atoms with E-state index in [2.05, 4.69) is 5.32 Å². The Kier molecular flexibility index (Phi) is 4.26. The summed E-state index contributed by atoms with van der Waals surface area (Å²) in [7, 11) is 0. The highest BCUT2D eigenvalue weighted by atomic mass is 32.2. The van der Waals surface area contributed by atoms with Crippen molar-refractivity contribution in [1.29, 1.82) is 0 Å². The van der Waals surface area contributed by atoms with Gasteiger partial charge in [-0.05, 0) is 36.5 Å². The molecule has 1 aliphatic heterocycles. The van der Waals surface area contributed by atoms with Crippen LogP contribution in [0.5, 0.6) is 0 Å². The molecule has 1 aromatic carbocycles. The van der Waals surface area contributed by atoms with Crippen molar-refractivity contribution in [2.45, 2.75) is 18.9 Å². The van der Waals surface area contributed by atoms with Crippen molar-refractivity contribution < 1.29 is 9.72 Å². The van der Waals surface area contributed by atoms with Gasteiger partial charge in [0, 0.05) is 6.04 Å². The second kappa shape index (κ2) is 5.92. The molecule has 0 atom stereocenters. The Bertz CT molecular complexity index is 501. The summed E-state index contributed by atoms with van der Waals surface area (Å²) in [6.07, 6.45) is 1.79. The van der Waals surface area contributed by atoms with E-state index < -0.39 is 10.8 Å². The molecular weight excluding hydrogens is 266 g/mol.